The van der Waals surface area contributed by atoms with E-state index in [0.717, 1.165) is 50.0 Å². The number of hydrogen-bond donors (Lipinski definition) is 1. The first-order valence-corrected chi connectivity index (χ1v) is 9.61. The fourth-order valence-corrected chi connectivity index (χ4v) is 4.47. The summed E-state index contributed by atoms with van der Waals surface area (Å²) in [6.45, 7) is 1.34. The predicted octanol–water partition coefficient (Wildman–Crippen LogP) is 3.56. The van der Waals surface area contributed by atoms with E-state index >= 15 is 0 Å². The van der Waals surface area contributed by atoms with E-state index in [2.05, 4.69) is 35.2 Å². The minimum absolute atomic E-state index is 0.182. The summed E-state index contributed by atoms with van der Waals surface area (Å²) in [6, 6.07) is 14.8. The standard InChI is InChI=1S/C22H27N3O/c1-24(20-12-4-8-16-7-2-3-9-17(16)20)22(26)15-25-14-6-10-18-19(23)11-5-13-21(18)25/h2-3,5,7,9,11,13,20H,4,6,8,10,12,14-15,23H2,1H3. The minimum atomic E-state index is 0.182. The summed E-state index contributed by atoms with van der Waals surface area (Å²) in [5.41, 5.74) is 12.0. The van der Waals surface area contributed by atoms with Crippen molar-refractivity contribution in [1.29, 1.82) is 0 Å². The summed E-state index contributed by atoms with van der Waals surface area (Å²) >= 11 is 0. The molecule has 0 spiro atoms. The van der Waals surface area contributed by atoms with Crippen LogP contribution in [0.1, 0.15) is 42.0 Å². The van der Waals surface area contributed by atoms with Crippen molar-refractivity contribution in [3.63, 3.8) is 0 Å². The maximum absolute atomic E-state index is 13.1. The molecular formula is C22H27N3O. The molecule has 0 fully saturated rings. The smallest absolute Gasteiger partial charge is 0.242 e. The topological polar surface area (TPSA) is 49.6 Å². The van der Waals surface area contributed by atoms with Crippen molar-refractivity contribution in [3.8, 4) is 0 Å². The monoisotopic (exact) mass is 349 g/mol. The van der Waals surface area contributed by atoms with Gasteiger partial charge in [-0.05, 0) is 60.9 Å². The molecule has 136 valence electrons. The second-order valence-corrected chi connectivity index (χ2v) is 7.48. The number of carbonyl (C=O) groups is 1. The zero-order valence-corrected chi connectivity index (χ0v) is 15.4. The van der Waals surface area contributed by atoms with E-state index in [9.17, 15) is 4.79 Å². The van der Waals surface area contributed by atoms with E-state index in [-0.39, 0.29) is 11.9 Å². The number of benzene rings is 2. The summed E-state index contributed by atoms with van der Waals surface area (Å²) in [5.74, 6) is 0.182. The Hall–Kier alpha value is -2.49. The number of carbonyl (C=O) groups excluding carboxylic acids is 1. The Balaban J connectivity index is 1.52. The molecule has 1 heterocycles. The normalized spacial score (nSPS) is 18.8. The lowest BCUT2D eigenvalue weighted by Gasteiger charge is -2.36. The van der Waals surface area contributed by atoms with Gasteiger partial charge in [0, 0.05) is 25.0 Å². The maximum atomic E-state index is 13.1. The third-order valence-electron chi connectivity index (χ3n) is 5.91. The van der Waals surface area contributed by atoms with Gasteiger partial charge in [0.1, 0.15) is 0 Å². The first kappa shape index (κ1) is 17.0. The summed E-state index contributed by atoms with van der Waals surface area (Å²) < 4.78 is 0. The Morgan fingerprint density at radius 2 is 2.00 bits per heavy atom. The van der Waals surface area contributed by atoms with Crippen molar-refractivity contribution in [1.82, 2.24) is 4.90 Å². The molecule has 2 N–H and O–H groups in total. The van der Waals surface area contributed by atoms with Crippen LogP contribution >= 0.6 is 0 Å². The lowest BCUT2D eigenvalue weighted by Crippen LogP contribution is -2.42. The molecule has 0 radical (unpaired) electrons. The van der Waals surface area contributed by atoms with Crippen molar-refractivity contribution < 1.29 is 4.79 Å². The van der Waals surface area contributed by atoms with Gasteiger partial charge >= 0.3 is 0 Å². The number of nitrogens with zero attached hydrogens (tertiary/aromatic N) is 2. The second kappa shape index (κ2) is 7.02. The molecule has 1 amide bonds. The number of hydrogen-bond acceptors (Lipinski definition) is 3. The molecule has 1 aliphatic heterocycles. The first-order chi connectivity index (χ1) is 12.6. The van der Waals surface area contributed by atoms with E-state index in [1.165, 1.54) is 16.7 Å². The number of amides is 1. The van der Waals surface area contributed by atoms with Gasteiger partial charge in [-0.1, -0.05) is 30.3 Å². The van der Waals surface area contributed by atoms with Crippen molar-refractivity contribution in [2.45, 2.75) is 38.1 Å². The fraction of sp³-hybridized carbons (Fsp3) is 0.409. The Labute approximate surface area is 155 Å². The lowest BCUT2D eigenvalue weighted by molar-refractivity contribution is -0.130. The second-order valence-electron chi connectivity index (χ2n) is 7.48. The molecule has 2 aromatic rings. The third kappa shape index (κ3) is 3.05. The minimum Gasteiger partial charge on any atom is -0.398 e. The molecule has 0 bridgehead atoms. The molecule has 1 unspecified atom stereocenters. The number of nitrogen functional groups attached to an aromatic ring is 1. The summed E-state index contributed by atoms with van der Waals surface area (Å²) in [5, 5.41) is 0. The molecule has 4 rings (SSSR count). The first-order valence-electron chi connectivity index (χ1n) is 9.61. The van der Waals surface area contributed by atoms with Crippen LogP contribution in [-0.2, 0) is 17.6 Å². The van der Waals surface area contributed by atoms with Crippen LogP contribution in [0.5, 0.6) is 0 Å². The molecule has 0 saturated heterocycles. The SMILES string of the molecule is CN(C(=O)CN1CCCc2c(N)cccc21)C1CCCc2ccccc21. The van der Waals surface area contributed by atoms with E-state index in [1.807, 2.05) is 24.1 Å². The molecular weight excluding hydrogens is 322 g/mol. The molecule has 26 heavy (non-hydrogen) atoms. The van der Waals surface area contributed by atoms with Crippen LogP contribution in [0.15, 0.2) is 42.5 Å². The largest absolute Gasteiger partial charge is 0.398 e. The van der Waals surface area contributed by atoms with Crippen LogP contribution in [-0.4, -0.2) is 30.9 Å². The molecule has 4 heteroatoms. The van der Waals surface area contributed by atoms with E-state index in [1.54, 1.807) is 0 Å². The van der Waals surface area contributed by atoms with E-state index in [0.29, 0.717) is 6.54 Å². The number of likely N-dealkylation sites (N-methyl/N-ethyl adjacent to an activating group) is 1. The van der Waals surface area contributed by atoms with Crippen LogP contribution < -0.4 is 10.6 Å². The number of nitrogens with two attached hydrogens (primary N) is 1. The van der Waals surface area contributed by atoms with Gasteiger partial charge in [-0.15, -0.1) is 0 Å². The van der Waals surface area contributed by atoms with Crippen LogP contribution in [0, 0.1) is 0 Å². The highest BCUT2D eigenvalue weighted by Gasteiger charge is 2.28. The predicted molar refractivity (Wildman–Crippen MR) is 106 cm³/mol. The highest BCUT2D eigenvalue weighted by atomic mass is 16.2. The average molecular weight is 349 g/mol. The van der Waals surface area contributed by atoms with Crippen molar-refractivity contribution >= 4 is 17.3 Å². The Morgan fingerprint density at radius 1 is 1.15 bits per heavy atom. The van der Waals surface area contributed by atoms with Gasteiger partial charge in [-0.2, -0.15) is 0 Å². The fourth-order valence-electron chi connectivity index (χ4n) is 4.47. The number of aryl methyl sites for hydroxylation is 1. The quantitative estimate of drug-likeness (QED) is 0.862. The van der Waals surface area contributed by atoms with Crippen LogP contribution in [0.2, 0.25) is 0 Å². The average Bonchev–Trinajstić information content (AvgIpc) is 2.68. The van der Waals surface area contributed by atoms with Crippen LogP contribution in [0.25, 0.3) is 0 Å². The number of fused-ring (bicyclic) bond motifs is 2. The molecule has 4 nitrogen and oxygen atoms in total. The lowest BCUT2D eigenvalue weighted by atomic mass is 9.87. The molecule has 0 aromatic heterocycles. The summed E-state index contributed by atoms with van der Waals surface area (Å²) in [6.07, 6.45) is 5.35. The van der Waals surface area contributed by atoms with Crippen molar-refractivity contribution in [2.24, 2.45) is 0 Å². The van der Waals surface area contributed by atoms with Gasteiger partial charge in [0.15, 0.2) is 0 Å². The van der Waals surface area contributed by atoms with E-state index < -0.39 is 0 Å². The van der Waals surface area contributed by atoms with Crippen LogP contribution in [0.3, 0.4) is 0 Å². The van der Waals surface area contributed by atoms with Gasteiger partial charge in [-0.25, -0.2) is 0 Å². The van der Waals surface area contributed by atoms with Crippen molar-refractivity contribution in [2.75, 3.05) is 30.8 Å². The highest BCUT2D eigenvalue weighted by Crippen LogP contribution is 2.34. The number of rotatable bonds is 3. The van der Waals surface area contributed by atoms with Gasteiger partial charge < -0.3 is 15.5 Å². The molecule has 2 aliphatic rings. The van der Waals surface area contributed by atoms with Crippen LogP contribution in [0.4, 0.5) is 11.4 Å². The van der Waals surface area contributed by atoms with Crippen molar-refractivity contribution in [3.05, 3.63) is 59.2 Å². The molecule has 0 saturated carbocycles. The Bertz CT molecular complexity index is 817. The third-order valence-corrected chi connectivity index (χ3v) is 5.91. The van der Waals surface area contributed by atoms with Gasteiger partial charge in [0.05, 0.1) is 12.6 Å². The highest BCUT2D eigenvalue weighted by molar-refractivity contribution is 5.83. The van der Waals surface area contributed by atoms with Gasteiger partial charge in [-0.3, -0.25) is 4.79 Å². The molecule has 2 aromatic carbocycles. The van der Waals surface area contributed by atoms with Gasteiger partial charge in [0.25, 0.3) is 0 Å². The van der Waals surface area contributed by atoms with E-state index in [4.69, 9.17) is 5.73 Å². The zero-order chi connectivity index (χ0) is 18.1. The Kier molecular flexibility index (Phi) is 4.58. The summed E-state index contributed by atoms with van der Waals surface area (Å²) in [7, 11) is 1.96. The molecule has 1 aliphatic carbocycles. The maximum Gasteiger partial charge on any atom is 0.242 e. The van der Waals surface area contributed by atoms with Gasteiger partial charge in [0.2, 0.25) is 5.91 Å². The zero-order valence-electron chi connectivity index (χ0n) is 15.4. The summed E-state index contributed by atoms with van der Waals surface area (Å²) in [4.78, 5) is 17.2. The number of anilines is 2. The molecule has 1 atom stereocenters. The Morgan fingerprint density at radius 3 is 2.88 bits per heavy atom.